The summed E-state index contributed by atoms with van der Waals surface area (Å²) >= 11 is 0. The van der Waals surface area contributed by atoms with Gasteiger partial charge in [0, 0.05) is 79.2 Å². The highest BCUT2D eigenvalue weighted by Crippen LogP contribution is 2.40. The van der Waals surface area contributed by atoms with Crippen LogP contribution in [0.5, 0.6) is 11.5 Å². The fourth-order valence-corrected chi connectivity index (χ4v) is 6.74. The summed E-state index contributed by atoms with van der Waals surface area (Å²) in [4.78, 5) is 18.2. The molecule has 1 fully saturated rings. The number of phenolic OH excluding ortho intramolecular Hbond substituents is 2. The molecule has 47 heavy (non-hydrogen) atoms. The van der Waals surface area contributed by atoms with E-state index in [9.17, 15) is 19.4 Å². The SMILES string of the molecule is Cc1c(C)n(CC(C)CN2CCN(C)CC2)c2ccc(Cc3cccc(C(=O)Nc4cc(O)c(-c5ccc(F)cc5)c(O)c4)c3)cc12. The van der Waals surface area contributed by atoms with Crippen LogP contribution >= 0.6 is 0 Å². The van der Waals surface area contributed by atoms with Gasteiger partial charge in [0.25, 0.3) is 5.91 Å². The zero-order valence-electron chi connectivity index (χ0n) is 27.6. The number of aromatic nitrogens is 1. The number of phenols is 2. The number of aryl methyl sites for hydroxylation is 1. The number of nitrogens with zero attached hydrogens (tertiary/aromatic N) is 3. The molecule has 0 bridgehead atoms. The standard InChI is InChI=1S/C39H43FN4O3/c1-25(23-43-16-14-42(4)15-17-43)24-44-27(3)26(2)34-20-29(8-13-35(34)44)18-28-6-5-7-31(19-28)39(47)41-33-21-36(45)38(37(46)22-33)30-9-11-32(40)12-10-30/h5-13,19-22,25,45-46H,14-18,23-24H2,1-4H3,(H,41,47). The van der Waals surface area contributed by atoms with Gasteiger partial charge >= 0.3 is 0 Å². The predicted octanol–water partition coefficient (Wildman–Crippen LogP) is 7.20. The maximum atomic E-state index is 13.3. The molecular weight excluding hydrogens is 591 g/mol. The highest BCUT2D eigenvalue weighted by Gasteiger charge is 2.19. The summed E-state index contributed by atoms with van der Waals surface area (Å²) in [6, 6.07) is 22.4. The van der Waals surface area contributed by atoms with E-state index in [4.69, 9.17) is 0 Å². The fraction of sp³-hybridized carbons (Fsp3) is 0.308. The number of benzene rings is 4. The number of aromatic hydroxyl groups is 2. The molecule has 5 aromatic rings. The second-order valence-electron chi connectivity index (χ2n) is 13.1. The molecule has 1 aliphatic rings. The third-order valence-corrected chi connectivity index (χ3v) is 9.45. The first-order valence-corrected chi connectivity index (χ1v) is 16.3. The lowest BCUT2D eigenvalue weighted by molar-refractivity contribution is 0.102. The van der Waals surface area contributed by atoms with Gasteiger partial charge in [0.15, 0.2) is 0 Å². The van der Waals surface area contributed by atoms with Gasteiger partial charge in [-0.2, -0.15) is 0 Å². The van der Waals surface area contributed by atoms with E-state index < -0.39 is 5.82 Å². The minimum Gasteiger partial charge on any atom is -0.507 e. The lowest BCUT2D eigenvalue weighted by Gasteiger charge is -2.34. The van der Waals surface area contributed by atoms with Gasteiger partial charge in [-0.05, 0) is 91.9 Å². The number of carbonyl (C=O) groups excluding carboxylic acids is 1. The Balaban J connectivity index is 1.14. The van der Waals surface area contributed by atoms with Crippen molar-refractivity contribution in [1.82, 2.24) is 14.4 Å². The van der Waals surface area contributed by atoms with Gasteiger partial charge in [-0.15, -0.1) is 0 Å². The summed E-state index contributed by atoms with van der Waals surface area (Å²) in [6.07, 6.45) is 0.675. The maximum Gasteiger partial charge on any atom is 0.255 e. The van der Waals surface area contributed by atoms with Crippen molar-refractivity contribution in [3.8, 4) is 22.6 Å². The number of nitrogens with one attached hydrogen (secondary N) is 1. The van der Waals surface area contributed by atoms with Gasteiger partial charge in [-0.1, -0.05) is 37.3 Å². The molecule has 0 saturated carbocycles. The first-order valence-electron chi connectivity index (χ1n) is 16.3. The van der Waals surface area contributed by atoms with Crippen LogP contribution in [0.1, 0.15) is 39.7 Å². The fourth-order valence-electron chi connectivity index (χ4n) is 6.74. The maximum absolute atomic E-state index is 13.3. The Bertz CT molecular complexity index is 1890. The lowest BCUT2D eigenvalue weighted by atomic mass is 10.0. The smallest absolute Gasteiger partial charge is 0.255 e. The zero-order valence-corrected chi connectivity index (χ0v) is 27.6. The van der Waals surface area contributed by atoms with E-state index in [0.29, 0.717) is 23.5 Å². The molecule has 2 heterocycles. The molecule has 1 amide bonds. The first-order chi connectivity index (χ1) is 22.5. The molecule has 0 radical (unpaired) electrons. The first kappa shape index (κ1) is 32.3. The van der Waals surface area contributed by atoms with Crippen molar-refractivity contribution in [3.63, 3.8) is 0 Å². The molecule has 1 aromatic heterocycles. The van der Waals surface area contributed by atoms with E-state index >= 15 is 0 Å². The summed E-state index contributed by atoms with van der Waals surface area (Å²) in [7, 11) is 2.20. The van der Waals surface area contributed by atoms with Gasteiger partial charge in [0.2, 0.25) is 0 Å². The normalized spacial score (nSPS) is 14.8. The summed E-state index contributed by atoms with van der Waals surface area (Å²) in [5, 5.41) is 25.3. The third kappa shape index (κ3) is 7.19. The number of halogens is 1. The second kappa shape index (κ2) is 13.6. The highest BCUT2D eigenvalue weighted by molar-refractivity contribution is 6.05. The highest BCUT2D eigenvalue weighted by atomic mass is 19.1. The Kier molecular flexibility index (Phi) is 9.34. The van der Waals surface area contributed by atoms with Crippen molar-refractivity contribution in [2.24, 2.45) is 5.92 Å². The van der Waals surface area contributed by atoms with Crippen molar-refractivity contribution in [1.29, 1.82) is 0 Å². The molecule has 6 rings (SSSR count). The minimum atomic E-state index is -0.416. The number of carbonyl (C=O) groups is 1. The van der Waals surface area contributed by atoms with E-state index in [1.165, 1.54) is 64.1 Å². The van der Waals surface area contributed by atoms with Gasteiger partial charge < -0.3 is 29.9 Å². The summed E-state index contributed by atoms with van der Waals surface area (Å²) in [6.45, 7) is 13.4. The van der Waals surface area contributed by atoms with Crippen LogP contribution in [0.15, 0.2) is 78.9 Å². The van der Waals surface area contributed by atoms with Crippen molar-refractivity contribution >= 4 is 22.5 Å². The Labute approximate surface area is 275 Å². The topological polar surface area (TPSA) is 81.0 Å². The van der Waals surface area contributed by atoms with E-state index in [2.05, 4.69) is 65.7 Å². The predicted molar refractivity (Wildman–Crippen MR) is 187 cm³/mol. The number of piperazine rings is 1. The third-order valence-electron chi connectivity index (χ3n) is 9.45. The van der Waals surface area contributed by atoms with Gasteiger partial charge in [-0.25, -0.2) is 4.39 Å². The number of hydrogen-bond acceptors (Lipinski definition) is 5. The average molecular weight is 635 g/mol. The van der Waals surface area contributed by atoms with Gasteiger partial charge in [0.05, 0.1) is 5.56 Å². The monoisotopic (exact) mass is 634 g/mol. The van der Waals surface area contributed by atoms with Crippen molar-refractivity contribution < 1.29 is 19.4 Å². The Morgan fingerprint density at radius 3 is 2.26 bits per heavy atom. The number of fused-ring (bicyclic) bond motifs is 1. The lowest BCUT2D eigenvalue weighted by Crippen LogP contribution is -2.46. The largest absolute Gasteiger partial charge is 0.507 e. The molecule has 3 N–H and O–H groups in total. The summed E-state index contributed by atoms with van der Waals surface area (Å²) < 4.78 is 15.8. The molecular formula is C39H43FN4O3. The van der Waals surface area contributed by atoms with Crippen molar-refractivity contribution in [2.45, 2.75) is 33.7 Å². The summed E-state index contributed by atoms with van der Waals surface area (Å²) in [5.74, 6) is -0.674. The number of likely N-dealkylation sites (N-methyl/N-ethyl adjacent to an activating group) is 1. The van der Waals surface area contributed by atoms with E-state index in [1.54, 1.807) is 6.07 Å². The molecule has 0 aliphatic carbocycles. The van der Waals surface area contributed by atoms with Crippen LogP contribution < -0.4 is 5.32 Å². The number of rotatable bonds is 9. The van der Waals surface area contributed by atoms with Crippen LogP contribution in [0.3, 0.4) is 0 Å². The van der Waals surface area contributed by atoms with Crippen LogP contribution in [0.25, 0.3) is 22.0 Å². The van der Waals surface area contributed by atoms with Crippen LogP contribution in [0.2, 0.25) is 0 Å². The molecule has 1 aliphatic heterocycles. The second-order valence-corrected chi connectivity index (χ2v) is 13.1. The number of hydrogen-bond donors (Lipinski definition) is 3. The van der Waals surface area contributed by atoms with E-state index in [0.717, 1.165) is 44.8 Å². The average Bonchev–Trinajstić information content (AvgIpc) is 3.27. The Hall–Kier alpha value is -4.66. The molecule has 1 unspecified atom stereocenters. The molecule has 1 atom stereocenters. The van der Waals surface area contributed by atoms with Crippen LogP contribution in [-0.2, 0) is 13.0 Å². The molecule has 8 heteroatoms. The Morgan fingerprint density at radius 2 is 1.55 bits per heavy atom. The van der Waals surface area contributed by atoms with Gasteiger partial charge in [0.1, 0.15) is 17.3 Å². The molecule has 7 nitrogen and oxygen atoms in total. The molecule has 244 valence electrons. The molecule has 4 aromatic carbocycles. The van der Waals surface area contributed by atoms with E-state index in [1.807, 2.05) is 18.2 Å². The minimum absolute atomic E-state index is 0.169. The molecule has 0 spiro atoms. The van der Waals surface area contributed by atoms with E-state index in [-0.39, 0.29) is 28.7 Å². The van der Waals surface area contributed by atoms with Crippen LogP contribution in [-0.4, -0.2) is 70.3 Å². The number of anilines is 1. The Morgan fingerprint density at radius 1 is 0.872 bits per heavy atom. The van der Waals surface area contributed by atoms with Gasteiger partial charge in [-0.3, -0.25) is 4.79 Å². The summed E-state index contributed by atoms with van der Waals surface area (Å²) in [5.41, 5.74) is 7.40. The quantitative estimate of drug-likeness (QED) is 0.160. The van der Waals surface area contributed by atoms with Crippen molar-refractivity contribution in [2.75, 3.05) is 45.1 Å². The van der Waals surface area contributed by atoms with Crippen molar-refractivity contribution in [3.05, 3.63) is 113 Å². The van der Waals surface area contributed by atoms with Crippen LogP contribution in [0, 0.1) is 25.6 Å². The number of amides is 1. The van der Waals surface area contributed by atoms with Crippen LogP contribution in [0.4, 0.5) is 10.1 Å². The molecule has 1 saturated heterocycles. The zero-order chi connectivity index (χ0) is 33.2.